The van der Waals surface area contributed by atoms with Crippen molar-refractivity contribution in [3.05, 3.63) is 12.7 Å². The lowest BCUT2D eigenvalue weighted by Crippen LogP contribution is -1.99. The van der Waals surface area contributed by atoms with Gasteiger partial charge in [-0.15, -0.1) is 0 Å². The molecule has 0 heterocycles. The molecule has 0 spiro atoms. The molecular weight excluding hydrogens is 228 g/mol. The van der Waals surface area contributed by atoms with Gasteiger partial charge in [-0.05, 0) is 24.7 Å². The monoisotopic (exact) mass is 256 g/mol. The summed E-state index contributed by atoms with van der Waals surface area (Å²) >= 11 is 4.89. The molecule has 100 valence electrons. The van der Waals surface area contributed by atoms with Crippen LogP contribution in [-0.2, 0) is 4.74 Å². The summed E-state index contributed by atoms with van der Waals surface area (Å²) in [5.74, 6) is 0. The number of hydrogen-bond acceptors (Lipinski definition) is 2. The van der Waals surface area contributed by atoms with Crippen LogP contribution in [0.5, 0.6) is 0 Å². The quantitative estimate of drug-likeness (QED) is 0.261. The van der Waals surface area contributed by atoms with Gasteiger partial charge in [0.15, 0.2) is 5.05 Å². The van der Waals surface area contributed by atoms with E-state index in [1.165, 1.54) is 57.8 Å². The van der Waals surface area contributed by atoms with Crippen molar-refractivity contribution in [2.45, 2.75) is 71.1 Å². The Balaban J connectivity index is 2.98. The van der Waals surface area contributed by atoms with E-state index in [0.717, 1.165) is 13.0 Å². The van der Waals surface area contributed by atoms with E-state index in [0.29, 0.717) is 5.05 Å². The summed E-state index contributed by atoms with van der Waals surface area (Å²) in [7, 11) is 0. The van der Waals surface area contributed by atoms with Gasteiger partial charge in [-0.25, -0.2) is 0 Å². The summed E-state index contributed by atoms with van der Waals surface area (Å²) in [6.07, 6.45) is 15.1. The molecule has 0 rings (SSSR count). The van der Waals surface area contributed by atoms with E-state index >= 15 is 0 Å². The molecule has 0 aromatic heterocycles. The van der Waals surface area contributed by atoms with Gasteiger partial charge < -0.3 is 4.74 Å². The topological polar surface area (TPSA) is 9.23 Å². The number of ether oxygens (including phenoxy) is 1. The van der Waals surface area contributed by atoms with Crippen LogP contribution in [0.2, 0.25) is 0 Å². The molecule has 0 aliphatic heterocycles. The van der Waals surface area contributed by atoms with Gasteiger partial charge in [0.25, 0.3) is 0 Å². The third-order valence-electron chi connectivity index (χ3n) is 2.91. The van der Waals surface area contributed by atoms with Crippen molar-refractivity contribution in [1.29, 1.82) is 0 Å². The average molecular weight is 256 g/mol. The van der Waals surface area contributed by atoms with Crippen LogP contribution in [0.15, 0.2) is 12.7 Å². The van der Waals surface area contributed by atoms with E-state index in [2.05, 4.69) is 13.5 Å². The molecule has 0 unspecified atom stereocenters. The Labute approximate surface area is 113 Å². The molecule has 17 heavy (non-hydrogen) atoms. The van der Waals surface area contributed by atoms with Crippen LogP contribution in [0, 0.1) is 0 Å². The fourth-order valence-corrected chi connectivity index (χ4v) is 1.90. The molecule has 0 amide bonds. The maximum Gasteiger partial charge on any atom is 0.183 e. The Hall–Kier alpha value is -0.370. The van der Waals surface area contributed by atoms with E-state index in [4.69, 9.17) is 17.0 Å². The van der Waals surface area contributed by atoms with Crippen LogP contribution in [-0.4, -0.2) is 11.7 Å². The van der Waals surface area contributed by atoms with Gasteiger partial charge in [-0.3, -0.25) is 0 Å². The number of rotatable bonds is 12. The summed E-state index contributed by atoms with van der Waals surface area (Å²) in [6, 6.07) is 0. The molecule has 0 saturated heterocycles. The van der Waals surface area contributed by atoms with Crippen molar-refractivity contribution in [2.24, 2.45) is 0 Å². The van der Waals surface area contributed by atoms with Crippen molar-refractivity contribution < 1.29 is 4.74 Å². The predicted molar refractivity (Wildman–Crippen MR) is 80.6 cm³/mol. The highest BCUT2D eigenvalue weighted by molar-refractivity contribution is 7.80. The molecule has 1 nitrogen and oxygen atoms in total. The Kier molecular flexibility index (Phi) is 13.4. The lowest BCUT2D eigenvalue weighted by molar-refractivity contribution is 0.302. The molecule has 0 saturated carbocycles. The maximum absolute atomic E-state index is 5.28. The maximum atomic E-state index is 5.28. The highest BCUT2D eigenvalue weighted by Gasteiger charge is 1.94. The first-order valence-corrected chi connectivity index (χ1v) is 7.51. The molecular formula is C15H28OS. The largest absolute Gasteiger partial charge is 0.483 e. The Morgan fingerprint density at radius 2 is 1.41 bits per heavy atom. The third kappa shape index (κ3) is 13.6. The molecule has 0 aromatic rings. The molecule has 0 aliphatic carbocycles. The van der Waals surface area contributed by atoms with Gasteiger partial charge in [0.1, 0.15) is 0 Å². The van der Waals surface area contributed by atoms with Crippen LogP contribution in [0.1, 0.15) is 71.1 Å². The molecule has 0 atom stereocenters. The Bertz CT molecular complexity index is 189. The average Bonchev–Trinajstić information content (AvgIpc) is 2.35. The summed E-state index contributed by atoms with van der Waals surface area (Å²) in [4.78, 5) is 0. The van der Waals surface area contributed by atoms with Gasteiger partial charge in [-0.2, -0.15) is 0 Å². The molecule has 0 aromatic carbocycles. The minimum Gasteiger partial charge on any atom is -0.483 e. The summed E-state index contributed by atoms with van der Waals surface area (Å²) < 4.78 is 5.28. The van der Waals surface area contributed by atoms with Crippen molar-refractivity contribution in [3.63, 3.8) is 0 Å². The van der Waals surface area contributed by atoms with E-state index < -0.39 is 0 Å². The van der Waals surface area contributed by atoms with Crippen LogP contribution >= 0.6 is 12.2 Å². The van der Waals surface area contributed by atoms with Crippen LogP contribution in [0.4, 0.5) is 0 Å². The highest BCUT2D eigenvalue weighted by atomic mass is 32.1. The number of hydrogen-bond donors (Lipinski definition) is 0. The lowest BCUT2D eigenvalue weighted by atomic mass is 10.1. The lowest BCUT2D eigenvalue weighted by Gasteiger charge is -2.04. The van der Waals surface area contributed by atoms with Crippen molar-refractivity contribution in [2.75, 3.05) is 6.61 Å². The van der Waals surface area contributed by atoms with Crippen LogP contribution in [0.25, 0.3) is 0 Å². The van der Waals surface area contributed by atoms with Crippen LogP contribution in [0.3, 0.4) is 0 Å². The predicted octanol–water partition coefficient (Wildman–Crippen LogP) is 5.44. The second-order valence-corrected chi connectivity index (χ2v) is 4.96. The van der Waals surface area contributed by atoms with Gasteiger partial charge in [-0.1, -0.05) is 71.3 Å². The van der Waals surface area contributed by atoms with Crippen molar-refractivity contribution in [1.82, 2.24) is 0 Å². The first kappa shape index (κ1) is 16.6. The molecule has 0 bridgehead atoms. The molecule has 2 heteroatoms. The summed E-state index contributed by atoms with van der Waals surface area (Å²) in [6.45, 7) is 6.58. The zero-order valence-corrected chi connectivity index (χ0v) is 12.2. The number of thiocarbonyl (C=S) groups is 1. The van der Waals surface area contributed by atoms with Crippen molar-refractivity contribution >= 4 is 17.3 Å². The first-order chi connectivity index (χ1) is 8.31. The number of unbranched alkanes of at least 4 members (excludes halogenated alkanes) is 9. The van der Waals surface area contributed by atoms with Crippen LogP contribution < -0.4 is 0 Å². The van der Waals surface area contributed by atoms with E-state index in [1.807, 2.05) is 0 Å². The zero-order valence-electron chi connectivity index (χ0n) is 11.4. The molecule has 0 radical (unpaired) electrons. The third-order valence-corrected chi connectivity index (χ3v) is 3.19. The Morgan fingerprint density at radius 1 is 0.941 bits per heavy atom. The fourth-order valence-electron chi connectivity index (χ4n) is 1.82. The smallest absolute Gasteiger partial charge is 0.183 e. The zero-order chi connectivity index (χ0) is 12.8. The normalized spacial score (nSPS) is 10.2. The van der Waals surface area contributed by atoms with E-state index in [9.17, 15) is 0 Å². The minimum atomic E-state index is 0.529. The SMILES string of the molecule is C=CC(=S)OCCCCCCCCCCCC. The Morgan fingerprint density at radius 3 is 1.88 bits per heavy atom. The van der Waals surface area contributed by atoms with E-state index in [-0.39, 0.29) is 0 Å². The minimum absolute atomic E-state index is 0.529. The summed E-state index contributed by atoms with van der Waals surface area (Å²) in [5.41, 5.74) is 0. The molecule has 0 aliphatic rings. The molecule has 0 fully saturated rings. The molecule has 0 N–H and O–H groups in total. The van der Waals surface area contributed by atoms with Crippen molar-refractivity contribution in [3.8, 4) is 0 Å². The first-order valence-electron chi connectivity index (χ1n) is 7.10. The standard InChI is InChI=1S/C15H28OS/c1-3-5-6-7-8-9-10-11-12-13-14-16-15(17)4-2/h4H,2-3,5-14H2,1H3. The second-order valence-electron chi connectivity index (χ2n) is 4.55. The van der Waals surface area contributed by atoms with Gasteiger partial charge in [0, 0.05) is 0 Å². The van der Waals surface area contributed by atoms with Gasteiger partial charge in [0.05, 0.1) is 6.61 Å². The highest BCUT2D eigenvalue weighted by Crippen LogP contribution is 2.10. The van der Waals surface area contributed by atoms with E-state index in [1.54, 1.807) is 6.08 Å². The van der Waals surface area contributed by atoms with Gasteiger partial charge in [0.2, 0.25) is 0 Å². The second kappa shape index (κ2) is 13.7. The van der Waals surface area contributed by atoms with Gasteiger partial charge >= 0.3 is 0 Å². The fraction of sp³-hybridized carbons (Fsp3) is 0.800. The summed E-state index contributed by atoms with van der Waals surface area (Å²) in [5, 5.41) is 0.529.